The van der Waals surface area contributed by atoms with Crippen molar-refractivity contribution < 1.29 is 22.3 Å². The lowest BCUT2D eigenvalue weighted by atomic mass is 9.81. The number of amides is 1. The molecule has 1 amide bonds. The first-order valence-electron chi connectivity index (χ1n) is 9.61. The number of ether oxygens (including phenoxy) is 1. The van der Waals surface area contributed by atoms with Crippen LogP contribution in [0.25, 0.3) is 0 Å². The van der Waals surface area contributed by atoms with Gasteiger partial charge in [0.1, 0.15) is 5.82 Å². The van der Waals surface area contributed by atoms with E-state index in [0.29, 0.717) is 19.3 Å². The summed E-state index contributed by atoms with van der Waals surface area (Å²) in [4.78, 5) is 12.3. The largest absolute Gasteiger partial charge is 0.365 e. The molecule has 0 spiro atoms. The summed E-state index contributed by atoms with van der Waals surface area (Å²) in [6.07, 6.45) is 1.99. The molecule has 156 valence electrons. The average molecular weight is 420 g/mol. The second-order valence-corrected chi connectivity index (χ2v) is 9.89. The Morgan fingerprint density at radius 3 is 2.00 bits per heavy atom. The molecule has 0 aromatic heterocycles. The van der Waals surface area contributed by atoms with Crippen molar-refractivity contribution in [3.05, 3.63) is 65.5 Å². The van der Waals surface area contributed by atoms with Gasteiger partial charge in [-0.2, -0.15) is 0 Å². The molecule has 7 heteroatoms. The van der Waals surface area contributed by atoms with Crippen molar-refractivity contribution in [1.29, 1.82) is 0 Å². The minimum absolute atomic E-state index is 0.0431. The van der Waals surface area contributed by atoms with Crippen LogP contribution in [0.2, 0.25) is 0 Å². The molecular weight excluding hydrogens is 393 g/mol. The maximum Gasteiger partial charge on any atom is 0.220 e. The molecule has 1 fully saturated rings. The summed E-state index contributed by atoms with van der Waals surface area (Å²) in [6.45, 7) is 3.79. The highest BCUT2D eigenvalue weighted by atomic mass is 32.2. The monoisotopic (exact) mass is 419 g/mol. The van der Waals surface area contributed by atoms with E-state index in [9.17, 15) is 17.6 Å². The normalized spacial score (nSPS) is 24.8. The molecule has 1 aliphatic heterocycles. The molecule has 0 radical (unpaired) electrons. The molecule has 3 atom stereocenters. The molecule has 3 rings (SSSR count). The van der Waals surface area contributed by atoms with E-state index in [2.05, 4.69) is 5.32 Å². The molecule has 0 bridgehead atoms. The maximum atomic E-state index is 13.4. The van der Waals surface area contributed by atoms with Crippen LogP contribution in [-0.4, -0.2) is 26.1 Å². The number of carbonyl (C=O) groups is 1. The zero-order valence-electron chi connectivity index (χ0n) is 16.8. The third-order valence-corrected chi connectivity index (χ3v) is 6.41. The van der Waals surface area contributed by atoms with Gasteiger partial charge in [0, 0.05) is 31.1 Å². The van der Waals surface area contributed by atoms with E-state index in [1.54, 1.807) is 43.3 Å². The highest BCUT2D eigenvalue weighted by Crippen LogP contribution is 2.43. The Hall–Kier alpha value is -2.25. The third kappa shape index (κ3) is 5.22. The average Bonchev–Trinajstić information content (AvgIpc) is 2.67. The first-order chi connectivity index (χ1) is 13.6. The van der Waals surface area contributed by atoms with Crippen LogP contribution < -0.4 is 5.32 Å². The van der Waals surface area contributed by atoms with Crippen LogP contribution in [0, 0.1) is 5.82 Å². The van der Waals surface area contributed by atoms with Crippen molar-refractivity contribution in [2.75, 3.05) is 6.26 Å². The van der Waals surface area contributed by atoms with Gasteiger partial charge >= 0.3 is 0 Å². The zero-order chi connectivity index (χ0) is 21.2. The van der Waals surface area contributed by atoms with Crippen molar-refractivity contribution in [3.8, 4) is 0 Å². The topological polar surface area (TPSA) is 72.5 Å². The first-order valence-corrected chi connectivity index (χ1v) is 11.5. The summed E-state index contributed by atoms with van der Waals surface area (Å²) >= 11 is 0. The number of hydrogen-bond acceptors (Lipinski definition) is 4. The van der Waals surface area contributed by atoms with E-state index in [-0.39, 0.29) is 28.8 Å². The van der Waals surface area contributed by atoms with Crippen LogP contribution in [-0.2, 0) is 19.4 Å². The Bertz CT molecular complexity index is 973. The van der Waals surface area contributed by atoms with Crippen molar-refractivity contribution in [2.24, 2.45) is 0 Å². The highest BCUT2D eigenvalue weighted by molar-refractivity contribution is 7.90. The summed E-state index contributed by atoms with van der Waals surface area (Å²) in [6, 6.07) is 12.8. The standard InChI is InChI=1S/C22H26FNO4S/c1-4-21(25)24-22(2)13-19(15-5-9-17(23)10-6-15)28-20(14-22)16-7-11-18(12-8-16)29(3,26)27/h5-12,19-20H,4,13-14H2,1-3H3,(H,24,25)/t19-,20+,22-/m0/s1. The lowest BCUT2D eigenvalue weighted by Gasteiger charge is -2.43. The third-order valence-electron chi connectivity index (χ3n) is 5.28. The molecule has 1 saturated heterocycles. The van der Waals surface area contributed by atoms with Gasteiger partial charge in [-0.05, 0) is 42.3 Å². The Morgan fingerprint density at radius 1 is 1.07 bits per heavy atom. The summed E-state index contributed by atoms with van der Waals surface area (Å²) in [5.74, 6) is -0.363. The fourth-order valence-electron chi connectivity index (χ4n) is 3.72. The van der Waals surface area contributed by atoms with E-state index < -0.39 is 15.4 Å². The Kier molecular flexibility index (Phi) is 6.10. The molecular formula is C22H26FNO4S. The quantitative estimate of drug-likeness (QED) is 0.792. The van der Waals surface area contributed by atoms with Gasteiger partial charge in [-0.3, -0.25) is 4.79 Å². The van der Waals surface area contributed by atoms with Gasteiger partial charge < -0.3 is 10.1 Å². The molecule has 2 aromatic rings. The van der Waals surface area contributed by atoms with Crippen molar-refractivity contribution in [3.63, 3.8) is 0 Å². The molecule has 1 N–H and O–H groups in total. The summed E-state index contributed by atoms with van der Waals surface area (Å²) in [7, 11) is -3.28. The van der Waals surface area contributed by atoms with Gasteiger partial charge in [-0.1, -0.05) is 31.2 Å². The minimum atomic E-state index is -3.28. The van der Waals surface area contributed by atoms with Gasteiger partial charge in [0.15, 0.2) is 9.84 Å². The Balaban J connectivity index is 1.92. The molecule has 1 heterocycles. The molecule has 5 nitrogen and oxygen atoms in total. The van der Waals surface area contributed by atoms with Crippen LogP contribution in [0.3, 0.4) is 0 Å². The van der Waals surface area contributed by atoms with Crippen LogP contribution in [0.15, 0.2) is 53.4 Å². The molecule has 0 unspecified atom stereocenters. The van der Waals surface area contributed by atoms with Gasteiger partial charge in [0.25, 0.3) is 0 Å². The molecule has 2 aromatic carbocycles. The summed E-state index contributed by atoms with van der Waals surface area (Å²) in [5.41, 5.74) is 1.16. The fourth-order valence-corrected chi connectivity index (χ4v) is 4.35. The molecule has 0 aliphatic carbocycles. The predicted molar refractivity (Wildman–Crippen MR) is 109 cm³/mol. The number of rotatable bonds is 5. The van der Waals surface area contributed by atoms with E-state index in [4.69, 9.17) is 4.74 Å². The predicted octanol–water partition coefficient (Wildman–Crippen LogP) is 4.11. The van der Waals surface area contributed by atoms with E-state index in [1.807, 2.05) is 6.92 Å². The lowest BCUT2D eigenvalue weighted by molar-refractivity contribution is -0.128. The van der Waals surface area contributed by atoms with Crippen molar-refractivity contribution in [2.45, 2.75) is 55.8 Å². The highest BCUT2D eigenvalue weighted by Gasteiger charge is 2.40. The summed E-state index contributed by atoms with van der Waals surface area (Å²) in [5, 5.41) is 3.10. The fraction of sp³-hybridized carbons (Fsp3) is 0.409. The lowest BCUT2D eigenvalue weighted by Crippen LogP contribution is -2.50. The number of hydrogen-bond donors (Lipinski definition) is 1. The van der Waals surface area contributed by atoms with Gasteiger partial charge in [0.2, 0.25) is 5.91 Å². The van der Waals surface area contributed by atoms with Crippen LogP contribution in [0.1, 0.15) is 56.4 Å². The number of halogens is 1. The second-order valence-electron chi connectivity index (χ2n) is 7.88. The van der Waals surface area contributed by atoms with Gasteiger partial charge in [0.05, 0.1) is 17.1 Å². The molecule has 29 heavy (non-hydrogen) atoms. The van der Waals surface area contributed by atoms with Crippen LogP contribution in [0.5, 0.6) is 0 Å². The zero-order valence-corrected chi connectivity index (χ0v) is 17.6. The van der Waals surface area contributed by atoms with Gasteiger partial charge in [-0.25, -0.2) is 12.8 Å². The summed E-state index contributed by atoms with van der Waals surface area (Å²) < 4.78 is 43.1. The van der Waals surface area contributed by atoms with Crippen molar-refractivity contribution in [1.82, 2.24) is 5.32 Å². The number of benzene rings is 2. The van der Waals surface area contributed by atoms with E-state index >= 15 is 0 Å². The second kappa shape index (κ2) is 8.24. The van der Waals surface area contributed by atoms with Crippen molar-refractivity contribution >= 4 is 15.7 Å². The number of carbonyl (C=O) groups excluding carboxylic acids is 1. The molecule has 1 aliphatic rings. The number of sulfone groups is 1. The Labute approximate surface area is 171 Å². The molecule has 0 saturated carbocycles. The number of nitrogens with one attached hydrogen (secondary N) is 1. The smallest absolute Gasteiger partial charge is 0.220 e. The van der Waals surface area contributed by atoms with Crippen LogP contribution >= 0.6 is 0 Å². The maximum absolute atomic E-state index is 13.4. The Morgan fingerprint density at radius 2 is 1.55 bits per heavy atom. The van der Waals surface area contributed by atoms with Crippen LogP contribution in [0.4, 0.5) is 4.39 Å². The first kappa shape index (κ1) is 21.5. The SMILES string of the molecule is CCC(=O)N[C@@]1(C)C[C@@H](c2ccc(F)cc2)O[C@@H](c2ccc(S(C)(=O)=O)cc2)C1. The van der Waals surface area contributed by atoms with E-state index in [0.717, 1.165) is 11.1 Å². The van der Waals surface area contributed by atoms with Gasteiger partial charge in [-0.15, -0.1) is 0 Å². The van der Waals surface area contributed by atoms with E-state index in [1.165, 1.54) is 18.4 Å². The minimum Gasteiger partial charge on any atom is -0.365 e.